The lowest BCUT2D eigenvalue weighted by Crippen LogP contribution is -2.29. The van der Waals surface area contributed by atoms with E-state index >= 15 is 0 Å². The van der Waals surface area contributed by atoms with Crippen LogP contribution in [-0.4, -0.2) is 28.5 Å². The first kappa shape index (κ1) is 8.52. The van der Waals surface area contributed by atoms with E-state index in [9.17, 15) is 0 Å². The maximum absolute atomic E-state index is 5.61. The zero-order valence-corrected chi connectivity index (χ0v) is 7.80. The van der Waals surface area contributed by atoms with Crippen molar-refractivity contribution in [3.8, 4) is 0 Å². The Morgan fingerprint density at radius 3 is 2.55 bits per heavy atom. The zero-order valence-electron chi connectivity index (χ0n) is 6.98. The van der Waals surface area contributed by atoms with Gasteiger partial charge in [-0.25, -0.2) is 0 Å². The van der Waals surface area contributed by atoms with Gasteiger partial charge in [-0.3, -0.25) is 5.73 Å². The van der Waals surface area contributed by atoms with Crippen molar-refractivity contribution in [1.29, 1.82) is 0 Å². The topological polar surface area (TPSA) is 53.7 Å². The van der Waals surface area contributed by atoms with Gasteiger partial charge in [0.2, 0.25) is 0 Å². The molecule has 1 unspecified atom stereocenters. The Morgan fingerprint density at radius 1 is 1.64 bits per heavy atom. The summed E-state index contributed by atoms with van der Waals surface area (Å²) in [5.41, 5.74) is 5.58. The molecule has 1 atom stereocenters. The molecule has 0 aromatic carbocycles. The van der Waals surface area contributed by atoms with Gasteiger partial charge in [0.1, 0.15) is 0 Å². The van der Waals surface area contributed by atoms with Crippen molar-refractivity contribution in [2.24, 2.45) is 15.8 Å². The molecule has 0 aromatic heterocycles. The third-order valence-corrected chi connectivity index (χ3v) is 2.02. The minimum absolute atomic E-state index is 0.0302. The third kappa shape index (κ3) is 1.71. The van der Waals surface area contributed by atoms with Crippen molar-refractivity contribution in [2.75, 3.05) is 6.26 Å². The Morgan fingerprint density at radius 2 is 2.27 bits per heavy atom. The molecule has 2 N–H and O–H groups in total. The number of guanidine groups is 1. The van der Waals surface area contributed by atoms with Crippen molar-refractivity contribution >= 4 is 17.7 Å². The molecular weight excluding hydrogens is 160 g/mol. The molecule has 62 valence electrons. The second-order valence-electron chi connectivity index (χ2n) is 2.60. The summed E-state index contributed by atoms with van der Waals surface area (Å²) in [5.74, 6) is 0.527. The largest absolute Gasteiger partial charge is 0.406 e. The van der Waals surface area contributed by atoms with Crippen LogP contribution < -0.4 is 5.73 Å². The zero-order chi connectivity index (χ0) is 8.43. The summed E-state index contributed by atoms with van der Waals surface area (Å²) in [4.78, 5) is 4.13. The van der Waals surface area contributed by atoms with Crippen molar-refractivity contribution < 1.29 is 4.70 Å². The molecule has 11 heavy (non-hydrogen) atoms. The predicted molar refractivity (Wildman–Crippen MR) is 46.7 cm³/mol. The molecule has 4 nitrogen and oxygen atoms in total. The minimum Gasteiger partial charge on any atom is -0.286 e. The van der Waals surface area contributed by atoms with Gasteiger partial charge in [-0.2, -0.15) is 0 Å². The van der Waals surface area contributed by atoms with Crippen LogP contribution in [0.3, 0.4) is 0 Å². The summed E-state index contributed by atoms with van der Waals surface area (Å²) >= 11 is 1.58. The minimum atomic E-state index is -0.0302. The lowest BCUT2D eigenvalue weighted by atomic mass is 10.4. The highest BCUT2D eigenvalue weighted by atomic mass is 32.2. The van der Waals surface area contributed by atoms with Gasteiger partial charge in [0, 0.05) is 0 Å². The number of azo groups is 2. The van der Waals surface area contributed by atoms with E-state index in [4.69, 9.17) is 5.73 Å². The standard InChI is InChI=1S/C6H13N4S/c1-4(2)10-5(7)8-6(9-10)11-3/h4,6H,1-3H3,(H2,7,8)/q+1. The van der Waals surface area contributed by atoms with Gasteiger partial charge in [0.25, 0.3) is 5.50 Å². The van der Waals surface area contributed by atoms with Crippen molar-refractivity contribution in [1.82, 2.24) is 0 Å². The maximum atomic E-state index is 5.61. The Hall–Kier alpha value is -0.580. The van der Waals surface area contributed by atoms with E-state index in [1.807, 2.05) is 20.1 Å². The highest BCUT2D eigenvalue weighted by Crippen LogP contribution is 2.15. The number of hydrogen-bond acceptors (Lipinski definition) is 4. The van der Waals surface area contributed by atoms with Crippen LogP contribution >= 0.6 is 11.8 Å². The van der Waals surface area contributed by atoms with E-state index < -0.39 is 0 Å². The summed E-state index contributed by atoms with van der Waals surface area (Å²) in [7, 11) is 0. The van der Waals surface area contributed by atoms with Crippen LogP contribution in [0.1, 0.15) is 13.8 Å². The second-order valence-corrected chi connectivity index (χ2v) is 3.50. The summed E-state index contributed by atoms with van der Waals surface area (Å²) in [6.07, 6.45) is 1.97. The summed E-state index contributed by atoms with van der Waals surface area (Å²) < 4.78 is 1.75. The van der Waals surface area contributed by atoms with Gasteiger partial charge >= 0.3 is 5.96 Å². The van der Waals surface area contributed by atoms with Gasteiger partial charge < -0.3 is 0 Å². The van der Waals surface area contributed by atoms with E-state index in [0.717, 1.165) is 0 Å². The number of rotatable bonds is 2. The molecule has 1 aliphatic heterocycles. The molecular formula is C6H13N4S+. The van der Waals surface area contributed by atoms with Gasteiger partial charge in [-0.15, -0.1) is 4.70 Å². The molecule has 5 heteroatoms. The monoisotopic (exact) mass is 173 g/mol. The van der Waals surface area contributed by atoms with Crippen LogP contribution in [0.5, 0.6) is 0 Å². The third-order valence-electron chi connectivity index (χ3n) is 1.40. The lowest BCUT2D eigenvalue weighted by molar-refractivity contribution is -0.512. The molecule has 0 radical (unpaired) electrons. The van der Waals surface area contributed by atoms with Crippen LogP contribution in [0.25, 0.3) is 0 Å². The highest BCUT2D eigenvalue weighted by Gasteiger charge is 2.26. The summed E-state index contributed by atoms with van der Waals surface area (Å²) in [6, 6.07) is 0.302. The molecule has 0 spiro atoms. The first-order valence-corrected chi connectivity index (χ1v) is 4.80. The molecule has 0 amide bonds. The molecule has 1 aliphatic rings. The van der Waals surface area contributed by atoms with Gasteiger partial charge in [-0.1, -0.05) is 21.9 Å². The molecule has 1 heterocycles. The Kier molecular flexibility index (Phi) is 2.49. The summed E-state index contributed by atoms with van der Waals surface area (Å²) in [6.45, 7) is 4.07. The Balaban J connectivity index is 2.76. The fourth-order valence-electron chi connectivity index (χ4n) is 0.861. The van der Waals surface area contributed by atoms with Crippen molar-refractivity contribution in [3.63, 3.8) is 0 Å². The van der Waals surface area contributed by atoms with E-state index in [1.165, 1.54) is 0 Å². The number of thioether (sulfide) groups is 1. The normalized spacial score (nSPS) is 23.8. The number of nitrogens with two attached hydrogens (primary N) is 1. The molecule has 0 bridgehead atoms. The van der Waals surface area contributed by atoms with Crippen LogP contribution in [0.4, 0.5) is 0 Å². The molecule has 0 aromatic rings. The van der Waals surface area contributed by atoms with Gasteiger partial charge in [0.15, 0.2) is 0 Å². The maximum Gasteiger partial charge on any atom is 0.406 e. The predicted octanol–water partition coefficient (Wildman–Crippen LogP) is 0.834. The molecule has 1 rings (SSSR count). The SMILES string of the molecule is CSC1N=C(N)[N+](C(C)C)=N1. The first-order chi connectivity index (χ1) is 5.15. The number of hydrogen-bond donors (Lipinski definition) is 1. The first-order valence-electron chi connectivity index (χ1n) is 3.51. The molecule has 0 aliphatic carbocycles. The van der Waals surface area contributed by atoms with E-state index in [2.05, 4.69) is 10.1 Å². The molecule has 0 fully saturated rings. The summed E-state index contributed by atoms with van der Waals surface area (Å²) in [5, 5.41) is 4.25. The van der Waals surface area contributed by atoms with E-state index in [1.54, 1.807) is 16.5 Å². The number of nitrogens with zero attached hydrogens (tertiary/aromatic N) is 3. The fraction of sp³-hybridized carbons (Fsp3) is 0.833. The van der Waals surface area contributed by atoms with Crippen LogP contribution in [0.2, 0.25) is 0 Å². The Bertz CT molecular complexity index is 209. The average molecular weight is 173 g/mol. The van der Waals surface area contributed by atoms with Crippen LogP contribution in [-0.2, 0) is 0 Å². The van der Waals surface area contributed by atoms with Gasteiger partial charge in [0.05, 0.1) is 6.04 Å². The second kappa shape index (κ2) is 3.21. The highest BCUT2D eigenvalue weighted by molar-refractivity contribution is 7.99. The van der Waals surface area contributed by atoms with Crippen LogP contribution in [0.15, 0.2) is 10.1 Å². The smallest absolute Gasteiger partial charge is 0.286 e. The van der Waals surface area contributed by atoms with Crippen molar-refractivity contribution in [2.45, 2.75) is 25.4 Å². The van der Waals surface area contributed by atoms with Crippen LogP contribution in [0, 0.1) is 0 Å². The van der Waals surface area contributed by atoms with E-state index in [-0.39, 0.29) is 5.50 Å². The number of aliphatic imine (C=N–C) groups is 1. The fourth-order valence-corrected chi connectivity index (χ4v) is 1.27. The quantitative estimate of drug-likeness (QED) is 0.629. The lowest BCUT2D eigenvalue weighted by Gasteiger charge is -2.00. The van der Waals surface area contributed by atoms with E-state index in [0.29, 0.717) is 12.0 Å². The molecule has 0 saturated carbocycles. The molecule has 0 saturated heterocycles. The Labute approximate surface area is 70.6 Å². The average Bonchev–Trinajstić information content (AvgIpc) is 2.30. The van der Waals surface area contributed by atoms with Crippen molar-refractivity contribution in [3.05, 3.63) is 0 Å². The van der Waals surface area contributed by atoms with Gasteiger partial charge in [-0.05, 0) is 20.1 Å².